The van der Waals surface area contributed by atoms with Crippen molar-refractivity contribution in [1.29, 1.82) is 0 Å². The van der Waals surface area contributed by atoms with Crippen LogP contribution in [0.3, 0.4) is 0 Å². The third-order valence-electron chi connectivity index (χ3n) is 5.22. The smallest absolute Gasteiger partial charge is 0.265 e. The fourth-order valence-electron chi connectivity index (χ4n) is 3.75. The summed E-state index contributed by atoms with van der Waals surface area (Å²) in [6.45, 7) is 1.53. The first kappa shape index (κ1) is 16.6. The van der Waals surface area contributed by atoms with Crippen molar-refractivity contribution < 1.29 is 14.3 Å². The van der Waals surface area contributed by atoms with Crippen LogP contribution in [0.25, 0.3) is 0 Å². The number of nitrogens with zero attached hydrogens (tertiary/aromatic N) is 2. The van der Waals surface area contributed by atoms with Crippen LogP contribution < -0.4 is 9.64 Å². The molecular formula is C21H22N2O3. The zero-order chi connectivity index (χ0) is 17.9. The van der Waals surface area contributed by atoms with Crippen molar-refractivity contribution in [3.8, 4) is 5.75 Å². The molecule has 4 rings (SSSR count). The first-order chi connectivity index (χ1) is 12.7. The second-order valence-electron chi connectivity index (χ2n) is 6.80. The molecule has 0 N–H and O–H groups in total. The first-order valence-electron chi connectivity index (χ1n) is 9.07. The van der Waals surface area contributed by atoms with Crippen LogP contribution in [0.15, 0.2) is 54.6 Å². The largest absolute Gasteiger partial charge is 0.482 e. The Labute approximate surface area is 153 Å². The van der Waals surface area contributed by atoms with E-state index in [1.54, 1.807) is 4.90 Å². The zero-order valence-electron chi connectivity index (χ0n) is 14.6. The van der Waals surface area contributed by atoms with Gasteiger partial charge in [-0.1, -0.05) is 42.5 Å². The van der Waals surface area contributed by atoms with Crippen LogP contribution in [-0.2, 0) is 9.59 Å². The average molecular weight is 350 g/mol. The molecular weight excluding hydrogens is 328 g/mol. The minimum absolute atomic E-state index is 0.00145. The molecule has 0 radical (unpaired) electrons. The highest BCUT2D eigenvalue weighted by molar-refractivity contribution is 6.02. The maximum atomic E-state index is 12.8. The average Bonchev–Trinajstić information content (AvgIpc) is 2.71. The lowest BCUT2D eigenvalue weighted by Crippen LogP contribution is -2.48. The highest BCUT2D eigenvalue weighted by atomic mass is 16.5. The lowest BCUT2D eigenvalue weighted by Gasteiger charge is -2.35. The molecule has 2 aliphatic heterocycles. The van der Waals surface area contributed by atoms with Gasteiger partial charge in [-0.15, -0.1) is 0 Å². The molecule has 0 aromatic heterocycles. The molecule has 134 valence electrons. The van der Waals surface area contributed by atoms with Crippen molar-refractivity contribution in [1.82, 2.24) is 4.90 Å². The van der Waals surface area contributed by atoms with Gasteiger partial charge in [-0.25, -0.2) is 0 Å². The molecule has 2 amide bonds. The van der Waals surface area contributed by atoms with Gasteiger partial charge in [-0.2, -0.15) is 0 Å². The van der Waals surface area contributed by atoms with E-state index in [0.717, 1.165) is 25.9 Å². The molecule has 26 heavy (non-hydrogen) atoms. The lowest BCUT2D eigenvalue weighted by atomic mass is 9.89. The molecule has 2 aromatic carbocycles. The number of piperidine rings is 1. The molecule has 0 saturated carbocycles. The van der Waals surface area contributed by atoms with Crippen molar-refractivity contribution in [3.63, 3.8) is 0 Å². The van der Waals surface area contributed by atoms with E-state index in [4.69, 9.17) is 4.74 Å². The predicted molar refractivity (Wildman–Crippen MR) is 99.3 cm³/mol. The molecule has 1 saturated heterocycles. The fraction of sp³-hybridized carbons (Fsp3) is 0.333. The Bertz CT molecular complexity index is 798. The number of hydrogen-bond acceptors (Lipinski definition) is 3. The summed E-state index contributed by atoms with van der Waals surface area (Å²) in [5.74, 6) is 0.992. The second-order valence-corrected chi connectivity index (χ2v) is 6.80. The highest BCUT2D eigenvalue weighted by Gasteiger charge is 2.30. The van der Waals surface area contributed by atoms with Crippen LogP contribution in [0, 0.1) is 0 Å². The molecule has 5 nitrogen and oxygen atoms in total. The first-order valence-corrected chi connectivity index (χ1v) is 9.07. The normalized spacial score (nSPS) is 17.6. The van der Waals surface area contributed by atoms with Gasteiger partial charge in [-0.3, -0.25) is 14.5 Å². The summed E-state index contributed by atoms with van der Waals surface area (Å²) in [5.41, 5.74) is 2.02. The Hall–Kier alpha value is -2.82. The molecule has 2 aliphatic rings. The van der Waals surface area contributed by atoms with Crippen LogP contribution in [-0.4, -0.2) is 43.0 Å². The van der Waals surface area contributed by atoms with E-state index in [1.165, 1.54) is 5.56 Å². The van der Waals surface area contributed by atoms with E-state index in [1.807, 2.05) is 35.2 Å². The van der Waals surface area contributed by atoms with Crippen molar-refractivity contribution in [2.75, 3.05) is 31.1 Å². The van der Waals surface area contributed by atoms with E-state index in [-0.39, 0.29) is 25.0 Å². The maximum absolute atomic E-state index is 12.8. The van der Waals surface area contributed by atoms with Gasteiger partial charge < -0.3 is 9.64 Å². The summed E-state index contributed by atoms with van der Waals surface area (Å²) in [6.07, 6.45) is 1.92. The lowest BCUT2D eigenvalue weighted by molar-refractivity contribution is -0.132. The molecule has 5 heteroatoms. The van der Waals surface area contributed by atoms with Crippen LogP contribution in [0.4, 0.5) is 5.69 Å². The molecule has 0 spiro atoms. The molecule has 2 aromatic rings. The predicted octanol–water partition coefficient (Wildman–Crippen LogP) is 2.82. The monoisotopic (exact) mass is 350 g/mol. The van der Waals surface area contributed by atoms with Gasteiger partial charge in [0.15, 0.2) is 6.61 Å². The Morgan fingerprint density at radius 2 is 1.69 bits per heavy atom. The fourth-order valence-corrected chi connectivity index (χ4v) is 3.75. The van der Waals surface area contributed by atoms with Crippen molar-refractivity contribution in [3.05, 3.63) is 60.2 Å². The Kier molecular flexibility index (Phi) is 4.61. The number of benzene rings is 2. The molecule has 1 fully saturated rings. The van der Waals surface area contributed by atoms with E-state index in [0.29, 0.717) is 17.4 Å². The number of carbonyl (C=O) groups excluding carboxylic acids is 2. The summed E-state index contributed by atoms with van der Waals surface area (Å²) in [5, 5.41) is 0. The Balaban J connectivity index is 1.40. The number of anilines is 1. The number of fused-ring (bicyclic) bond motifs is 1. The third kappa shape index (κ3) is 3.29. The zero-order valence-corrected chi connectivity index (χ0v) is 14.6. The Morgan fingerprint density at radius 3 is 2.46 bits per heavy atom. The van der Waals surface area contributed by atoms with Crippen LogP contribution >= 0.6 is 0 Å². The SMILES string of the molecule is O=C(CN1C(=O)COc2ccccc21)N1CCC(c2ccccc2)CC1. The second kappa shape index (κ2) is 7.20. The minimum atomic E-state index is -0.170. The third-order valence-corrected chi connectivity index (χ3v) is 5.22. The Morgan fingerprint density at radius 1 is 1.00 bits per heavy atom. The van der Waals surface area contributed by atoms with Crippen LogP contribution in [0.1, 0.15) is 24.3 Å². The number of ether oxygens (including phenoxy) is 1. The van der Waals surface area contributed by atoms with Crippen molar-refractivity contribution in [2.45, 2.75) is 18.8 Å². The van der Waals surface area contributed by atoms with E-state index < -0.39 is 0 Å². The molecule has 0 aliphatic carbocycles. The number of hydrogen-bond donors (Lipinski definition) is 0. The molecule has 2 heterocycles. The van der Waals surface area contributed by atoms with E-state index in [9.17, 15) is 9.59 Å². The number of amides is 2. The van der Waals surface area contributed by atoms with Crippen LogP contribution in [0.5, 0.6) is 5.75 Å². The van der Waals surface area contributed by atoms with Gasteiger partial charge in [0.25, 0.3) is 5.91 Å². The van der Waals surface area contributed by atoms with Gasteiger partial charge in [0.1, 0.15) is 12.3 Å². The minimum Gasteiger partial charge on any atom is -0.482 e. The van der Waals surface area contributed by atoms with Gasteiger partial charge in [0.05, 0.1) is 5.69 Å². The number of rotatable bonds is 3. The number of carbonyl (C=O) groups is 2. The molecule has 0 atom stereocenters. The summed E-state index contributed by atoms with van der Waals surface area (Å²) in [6, 6.07) is 17.8. The van der Waals surface area contributed by atoms with E-state index >= 15 is 0 Å². The number of likely N-dealkylation sites (tertiary alicyclic amines) is 1. The van der Waals surface area contributed by atoms with Gasteiger partial charge in [0.2, 0.25) is 5.91 Å². The summed E-state index contributed by atoms with van der Waals surface area (Å²) in [4.78, 5) is 28.4. The van der Waals surface area contributed by atoms with E-state index in [2.05, 4.69) is 24.3 Å². The summed E-state index contributed by atoms with van der Waals surface area (Å²) < 4.78 is 5.44. The summed E-state index contributed by atoms with van der Waals surface area (Å²) in [7, 11) is 0. The van der Waals surface area contributed by atoms with Crippen LogP contribution in [0.2, 0.25) is 0 Å². The summed E-state index contributed by atoms with van der Waals surface area (Å²) >= 11 is 0. The topological polar surface area (TPSA) is 49.9 Å². The molecule has 0 bridgehead atoms. The molecule has 0 unspecified atom stereocenters. The standard InChI is InChI=1S/C21H22N2O3/c24-20(14-23-18-8-4-5-9-19(18)26-15-21(23)25)22-12-10-17(11-13-22)16-6-2-1-3-7-16/h1-9,17H,10-15H2. The van der Waals surface area contributed by atoms with Gasteiger partial charge in [-0.05, 0) is 36.5 Å². The van der Waals surface area contributed by atoms with Crippen molar-refractivity contribution in [2.24, 2.45) is 0 Å². The quantitative estimate of drug-likeness (QED) is 0.855. The van der Waals surface area contributed by atoms with Crippen molar-refractivity contribution >= 4 is 17.5 Å². The van der Waals surface area contributed by atoms with Gasteiger partial charge >= 0.3 is 0 Å². The highest BCUT2D eigenvalue weighted by Crippen LogP contribution is 2.32. The number of para-hydroxylation sites is 2. The van der Waals surface area contributed by atoms with Gasteiger partial charge in [0, 0.05) is 13.1 Å². The maximum Gasteiger partial charge on any atom is 0.265 e.